The molecule has 5 heteroatoms. The van der Waals surface area contributed by atoms with Crippen molar-refractivity contribution in [3.8, 4) is 0 Å². The molecule has 0 aliphatic carbocycles. The highest BCUT2D eigenvalue weighted by molar-refractivity contribution is 9.11. The van der Waals surface area contributed by atoms with Crippen LogP contribution in [0.4, 0.5) is 0 Å². The van der Waals surface area contributed by atoms with Gasteiger partial charge < -0.3 is 15.0 Å². The van der Waals surface area contributed by atoms with Gasteiger partial charge in [0.2, 0.25) is 0 Å². The summed E-state index contributed by atoms with van der Waals surface area (Å²) in [6.45, 7) is 10.8. The Morgan fingerprint density at radius 1 is 1.33 bits per heavy atom. The van der Waals surface area contributed by atoms with Crippen LogP contribution >= 0.6 is 27.3 Å². The number of hydrogen-bond donors (Lipinski definition) is 1. The molecule has 2 rings (SSSR count). The van der Waals surface area contributed by atoms with Crippen molar-refractivity contribution < 1.29 is 4.74 Å². The molecule has 3 nitrogen and oxygen atoms in total. The summed E-state index contributed by atoms with van der Waals surface area (Å²) in [7, 11) is 4.24. The summed E-state index contributed by atoms with van der Waals surface area (Å²) in [6, 6.07) is 2.57. The first-order chi connectivity index (χ1) is 9.65. The van der Waals surface area contributed by atoms with E-state index in [-0.39, 0.29) is 11.2 Å². The standard InChI is InChI=1S/C16H27BrN2OS/c1-15(2)12(14(18-5)16(3,4)20-15)9-19(6)8-11-7-13(17)21-10-11/h7,10,12,14,18H,8-9H2,1-6H3. The zero-order valence-corrected chi connectivity index (χ0v) is 16.3. The largest absolute Gasteiger partial charge is 0.368 e. The Morgan fingerprint density at radius 2 is 2.00 bits per heavy atom. The fourth-order valence-corrected chi connectivity index (χ4v) is 4.92. The Kier molecular flexibility index (Phi) is 5.21. The number of likely N-dealkylation sites (N-methyl/N-ethyl adjacent to an activating group) is 1. The van der Waals surface area contributed by atoms with Gasteiger partial charge in [-0.3, -0.25) is 0 Å². The number of thiophene rings is 1. The quantitative estimate of drug-likeness (QED) is 0.849. The molecule has 120 valence electrons. The van der Waals surface area contributed by atoms with Crippen LogP contribution in [0.2, 0.25) is 0 Å². The predicted octanol–water partition coefficient (Wildman–Crippen LogP) is 3.73. The van der Waals surface area contributed by atoms with Crippen LogP contribution in [0.3, 0.4) is 0 Å². The van der Waals surface area contributed by atoms with Crippen molar-refractivity contribution in [3.63, 3.8) is 0 Å². The van der Waals surface area contributed by atoms with Gasteiger partial charge in [0.05, 0.1) is 15.0 Å². The summed E-state index contributed by atoms with van der Waals surface area (Å²) in [5.41, 5.74) is 1.13. The molecule has 1 aliphatic heterocycles. The highest BCUT2D eigenvalue weighted by Crippen LogP contribution is 2.42. The van der Waals surface area contributed by atoms with Crippen molar-refractivity contribution in [3.05, 3.63) is 20.8 Å². The molecule has 0 radical (unpaired) electrons. The minimum Gasteiger partial charge on any atom is -0.368 e. The summed E-state index contributed by atoms with van der Waals surface area (Å²) < 4.78 is 7.51. The van der Waals surface area contributed by atoms with Crippen molar-refractivity contribution >= 4 is 27.3 Å². The van der Waals surface area contributed by atoms with E-state index < -0.39 is 0 Å². The van der Waals surface area contributed by atoms with Crippen molar-refractivity contribution in [1.29, 1.82) is 0 Å². The van der Waals surface area contributed by atoms with Gasteiger partial charge in [-0.1, -0.05) is 0 Å². The van der Waals surface area contributed by atoms with Crippen LogP contribution < -0.4 is 5.32 Å². The zero-order chi connectivity index (χ0) is 15.8. The normalized spacial score (nSPS) is 27.4. The third kappa shape index (κ3) is 3.88. The Morgan fingerprint density at radius 3 is 2.52 bits per heavy atom. The fraction of sp³-hybridized carbons (Fsp3) is 0.750. The molecule has 0 aromatic carbocycles. The molecule has 1 saturated heterocycles. The average molecular weight is 375 g/mol. The van der Waals surface area contributed by atoms with E-state index in [1.165, 1.54) is 9.35 Å². The maximum atomic E-state index is 6.31. The third-order valence-corrected chi connectivity index (χ3v) is 6.02. The monoisotopic (exact) mass is 374 g/mol. The van der Waals surface area contributed by atoms with Crippen molar-refractivity contribution in [2.24, 2.45) is 5.92 Å². The molecule has 21 heavy (non-hydrogen) atoms. The molecule has 1 aromatic rings. The van der Waals surface area contributed by atoms with Crippen LogP contribution in [0.25, 0.3) is 0 Å². The molecule has 1 aromatic heterocycles. The van der Waals surface area contributed by atoms with E-state index in [1.54, 1.807) is 11.3 Å². The third-order valence-electron chi connectivity index (χ3n) is 4.46. The summed E-state index contributed by atoms with van der Waals surface area (Å²) in [6.07, 6.45) is 0. The van der Waals surface area contributed by atoms with Crippen molar-refractivity contribution in [2.45, 2.75) is 51.5 Å². The highest BCUT2D eigenvalue weighted by atomic mass is 79.9. The summed E-state index contributed by atoms with van der Waals surface area (Å²) >= 11 is 5.28. The minimum atomic E-state index is -0.130. The first-order valence-corrected chi connectivity index (χ1v) is 9.12. The van der Waals surface area contributed by atoms with E-state index in [1.807, 2.05) is 7.05 Å². The summed E-state index contributed by atoms with van der Waals surface area (Å²) in [5, 5.41) is 5.69. The van der Waals surface area contributed by atoms with E-state index in [0.717, 1.165) is 13.1 Å². The zero-order valence-electron chi connectivity index (χ0n) is 13.9. The Balaban J connectivity index is 2.06. The van der Waals surface area contributed by atoms with Gasteiger partial charge in [-0.15, -0.1) is 11.3 Å². The van der Waals surface area contributed by atoms with E-state index in [4.69, 9.17) is 4.74 Å². The van der Waals surface area contributed by atoms with Crippen LogP contribution in [0.1, 0.15) is 33.3 Å². The Labute approximate surface area is 141 Å². The Bertz CT molecular complexity index is 486. The number of rotatable bonds is 5. The molecule has 1 N–H and O–H groups in total. The molecule has 1 aliphatic rings. The van der Waals surface area contributed by atoms with Gasteiger partial charge in [0.15, 0.2) is 0 Å². The van der Waals surface area contributed by atoms with Crippen molar-refractivity contribution in [2.75, 3.05) is 20.6 Å². The number of ether oxygens (including phenoxy) is 1. The van der Waals surface area contributed by atoms with Gasteiger partial charge in [-0.2, -0.15) is 0 Å². The minimum absolute atomic E-state index is 0.110. The molecule has 2 unspecified atom stereocenters. The molecule has 0 spiro atoms. The lowest BCUT2D eigenvalue weighted by atomic mass is 9.82. The molecular weight excluding hydrogens is 348 g/mol. The molecular formula is C16H27BrN2OS. The van der Waals surface area contributed by atoms with Crippen LogP contribution in [0.5, 0.6) is 0 Å². The molecule has 1 fully saturated rings. The molecule has 0 amide bonds. The molecule has 2 atom stereocenters. The lowest BCUT2D eigenvalue weighted by Gasteiger charge is -2.32. The van der Waals surface area contributed by atoms with E-state index in [0.29, 0.717) is 12.0 Å². The van der Waals surface area contributed by atoms with Crippen LogP contribution in [-0.4, -0.2) is 42.8 Å². The molecule has 2 heterocycles. The lowest BCUT2D eigenvalue weighted by molar-refractivity contribution is -0.0791. The number of hydrogen-bond acceptors (Lipinski definition) is 4. The maximum Gasteiger partial charge on any atom is 0.0790 e. The summed E-state index contributed by atoms with van der Waals surface area (Å²) in [5.74, 6) is 0.463. The fourth-order valence-electron chi connectivity index (χ4n) is 3.72. The highest BCUT2D eigenvalue weighted by Gasteiger charge is 2.53. The number of nitrogens with zero attached hydrogens (tertiary/aromatic N) is 1. The van der Waals surface area contributed by atoms with E-state index in [2.05, 4.69) is 72.3 Å². The maximum absolute atomic E-state index is 6.31. The first-order valence-electron chi connectivity index (χ1n) is 7.44. The van der Waals surface area contributed by atoms with E-state index >= 15 is 0 Å². The molecule has 0 bridgehead atoms. The van der Waals surface area contributed by atoms with Gasteiger partial charge in [0.1, 0.15) is 0 Å². The van der Waals surface area contributed by atoms with Gasteiger partial charge in [0, 0.05) is 25.0 Å². The second-order valence-corrected chi connectivity index (χ2v) is 9.43. The topological polar surface area (TPSA) is 24.5 Å². The Hall–Kier alpha value is 0.0600. The predicted molar refractivity (Wildman–Crippen MR) is 93.9 cm³/mol. The van der Waals surface area contributed by atoms with Gasteiger partial charge in [-0.25, -0.2) is 0 Å². The van der Waals surface area contributed by atoms with Gasteiger partial charge in [-0.05, 0) is 74.7 Å². The molecule has 0 saturated carbocycles. The smallest absolute Gasteiger partial charge is 0.0790 e. The lowest BCUT2D eigenvalue weighted by Crippen LogP contribution is -2.49. The van der Waals surface area contributed by atoms with E-state index in [9.17, 15) is 0 Å². The number of nitrogens with one attached hydrogen (secondary N) is 1. The second kappa shape index (κ2) is 6.28. The van der Waals surface area contributed by atoms with Gasteiger partial charge >= 0.3 is 0 Å². The van der Waals surface area contributed by atoms with Crippen molar-refractivity contribution in [1.82, 2.24) is 10.2 Å². The van der Waals surface area contributed by atoms with Crippen LogP contribution in [0.15, 0.2) is 15.2 Å². The van der Waals surface area contributed by atoms with Crippen LogP contribution in [0, 0.1) is 5.92 Å². The van der Waals surface area contributed by atoms with Gasteiger partial charge in [0.25, 0.3) is 0 Å². The second-order valence-electron chi connectivity index (χ2n) is 7.14. The first kappa shape index (κ1) is 17.4. The summed E-state index contributed by atoms with van der Waals surface area (Å²) in [4.78, 5) is 2.40. The SMILES string of the molecule is CNC1C(CN(C)Cc2csc(Br)c2)C(C)(C)OC1(C)C. The van der Waals surface area contributed by atoms with Crippen LogP contribution in [-0.2, 0) is 11.3 Å². The number of halogens is 1. The average Bonchev–Trinajstić information content (AvgIpc) is 2.78.